The molecule has 0 bridgehead atoms. The Labute approximate surface area is 240 Å². The van der Waals surface area contributed by atoms with Crippen LogP contribution in [0.5, 0.6) is 5.75 Å². The van der Waals surface area contributed by atoms with Crippen LogP contribution in [0.3, 0.4) is 0 Å². The fourth-order valence-electron chi connectivity index (χ4n) is 5.77. The molecule has 3 aromatic carbocycles. The predicted molar refractivity (Wildman–Crippen MR) is 158 cm³/mol. The van der Waals surface area contributed by atoms with Crippen LogP contribution in [0, 0.1) is 5.92 Å². The molecule has 206 valence electrons. The maximum Gasteiger partial charge on any atom is 0.315 e. The van der Waals surface area contributed by atoms with Gasteiger partial charge < -0.3 is 9.47 Å². The zero-order chi connectivity index (χ0) is 28.2. The second kappa shape index (κ2) is 12.2. The van der Waals surface area contributed by atoms with Gasteiger partial charge in [0.1, 0.15) is 11.7 Å². The summed E-state index contributed by atoms with van der Waals surface area (Å²) in [6.45, 7) is 6.05. The number of para-hydroxylation sites is 1. The van der Waals surface area contributed by atoms with Crippen molar-refractivity contribution in [3.8, 4) is 5.75 Å². The van der Waals surface area contributed by atoms with E-state index in [0.717, 1.165) is 22.4 Å². The van der Waals surface area contributed by atoms with Gasteiger partial charge in [0, 0.05) is 46.3 Å². The SMILES string of the molecule is CC1=NC2=C(C(=O)C[C@@H](c3ccc(Cl)cc3)C2)[C@H](c2ccccc2OC(C)C)C1C(=O)OCCc1ccccc1. The summed E-state index contributed by atoms with van der Waals surface area (Å²) in [6.07, 6.45) is 1.50. The van der Waals surface area contributed by atoms with Crippen LogP contribution in [0.2, 0.25) is 5.02 Å². The average Bonchev–Trinajstić information content (AvgIpc) is 2.93. The number of esters is 1. The van der Waals surface area contributed by atoms with E-state index in [2.05, 4.69) is 0 Å². The van der Waals surface area contributed by atoms with Gasteiger partial charge in [0.15, 0.2) is 5.78 Å². The number of allylic oxidation sites excluding steroid dienone is 2. The van der Waals surface area contributed by atoms with Gasteiger partial charge in [-0.05, 0) is 62.4 Å². The number of rotatable bonds is 8. The van der Waals surface area contributed by atoms with Crippen molar-refractivity contribution in [2.24, 2.45) is 10.9 Å². The van der Waals surface area contributed by atoms with Crippen molar-refractivity contribution < 1.29 is 19.1 Å². The number of halogens is 1. The first-order valence-electron chi connectivity index (χ1n) is 13.8. The van der Waals surface area contributed by atoms with Crippen molar-refractivity contribution in [1.82, 2.24) is 0 Å². The molecule has 0 radical (unpaired) electrons. The van der Waals surface area contributed by atoms with Crippen molar-refractivity contribution >= 4 is 29.1 Å². The van der Waals surface area contributed by atoms with Gasteiger partial charge in [-0.2, -0.15) is 0 Å². The highest BCUT2D eigenvalue weighted by Gasteiger charge is 2.45. The average molecular weight is 556 g/mol. The number of Topliss-reactive ketones (excluding diaryl/α,β-unsaturated/α-hetero) is 1. The van der Waals surface area contributed by atoms with Crippen molar-refractivity contribution in [3.63, 3.8) is 0 Å². The lowest BCUT2D eigenvalue weighted by molar-refractivity contribution is -0.146. The van der Waals surface area contributed by atoms with Gasteiger partial charge in [-0.25, -0.2) is 0 Å². The highest BCUT2D eigenvalue weighted by Crippen LogP contribution is 2.48. The second-order valence-corrected chi connectivity index (χ2v) is 11.2. The van der Waals surface area contributed by atoms with Crippen molar-refractivity contribution in [2.75, 3.05) is 6.61 Å². The minimum absolute atomic E-state index is 0.00255. The van der Waals surface area contributed by atoms with Crippen LogP contribution in [0.25, 0.3) is 0 Å². The number of aliphatic imine (C=N–C) groups is 1. The Kier molecular flexibility index (Phi) is 8.51. The first kappa shape index (κ1) is 27.9. The topological polar surface area (TPSA) is 65.0 Å². The summed E-state index contributed by atoms with van der Waals surface area (Å²) in [7, 11) is 0. The van der Waals surface area contributed by atoms with Gasteiger partial charge >= 0.3 is 5.97 Å². The summed E-state index contributed by atoms with van der Waals surface area (Å²) >= 11 is 6.11. The first-order chi connectivity index (χ1) is 19.3. The molecule has 0 saturated heterocycles. The van der Waals surface area contributed by atoms with Gasteiger partial charge in [0.05, 0.1) is 12.7 Å². The fraction of sp³-hybridized carbons (Fsp3) is 0.324. The molecule has 0 aromatic heterocycles. The summed E-state index contributed by atoms with van der Waals surface area (Å²) in [4.78, 5) is 32.5. The third kappa shape index (κ3) is 6.05. The lowest BCUT2D eigenvalue weighted by Gasteiger charge is -2.37. The van der Waals surface area contributed by atoms with Crippen LogP contribution in [0.1, 0.15) is 62.1 Å². The Morgan fingerprint density at radius 3 is 2.40 bits per heavy atom. The third-order valence-corrected chi connectivity index (χ3v) is 7.83. The van der Waals surface area contributed by atoms with Gasteiger partial charge in [-0.15, -0.1) is 0 Å². The number of carbonyl (C=O) groups is 2. The number of ether oxygens (including phenoxy) is 2. The Morgan fingerprint density at radius 2 is 1.68 bits per heavy atom. The largest absolute Gasteiger partial charge is 0.491 e. The Morgan fingerprint density at radius 1 is 0.975 bits per heavy atom. The Balaban J connectivity index is 1.51. The molecule has 5 nitrogen and oxygen atoms in total. The van der Waals surface area contributed by atoms with Crippen molar-refractivity contribution in [1.29, 1.82) is 0 Å². The van der Waals surface area contributed by atoms with Gasteiger partial charge in [0.2, 0.25) is 0 Å². The van der Waals surface area contributed by atoms with E-state index in [1.54, 1.807) is 0 Å². The molecule has 6 heteroatoms. The molecule has 1 unspecified atom stereocenters. The molecule has 1 aliphatic heterocycles. The number of benzene rings is 3. The minimum atomic E-state index is -0.720. The maximum absolute atomic E-state index is 13.9. The van der Waals surface area contributed by atoms with E-state index in [9.17, 15) is 9.59 Å². The number of hydrogen-bond donors (Lipinski definition) is 0. The molecule has 0 fully saturated rings. The van der Waals surface area contributed by atoms with Gasteiger partial charge in [-0.1, -0.05) is 72.3 Å². The summed E-state index contributed by atoms with van der Waals surface area (Å²) in [5, 5.41) is 0.660. The van der Waals surface area contributed by atoms with Crippen molar-refractivity contribution in [2.45, 2.75) is 58.0 Å². The molecule has 0 amide bonds. The standard InChI is InChI=1S/C34H34ClNO4/c1-21(2)40-30-12-8-7-11-27(30)32-31(34(38)39-18-17-23-9-5-4-6-10-23)22(3)36-28-19-25(20-29(37)33(28)32)24-13-15-26(35)16-14-24/h4-16,21,25,31-32H,17-20H2,1-3H3/t25-,31?,32+/m0/s1. The highest BCUT2D eigenvalue weighted by molar-refractivity contribution is 6.30. The molecular weight excluding hydrogens is 522 g/mol. The van der Waals surface area contributed by atoms with E-state index >= 15 is 0 Å². The van der Waals surface area contributed by atoms with Gasteiger partial charge in [0.25, 0.3) is 0 Å². The zero-order valence-corrected chi connectivity index (χ0v) is 23.9. The fourth-order valence-corrected chi connectivity index (χ4v) is 5.90. The molecule has 2 aliphatic rings. The van der Waals surface area contributed by atoms with E-state index in [0.29, 0.717) is 41.3 Å². The van der Waals surface area contributed by atoms with E-state index in [1.165, 1.54) is 0 Å². The van der Waals surface area contributed by atoms with Gasteiger partial charge in [-0.3, -0.25) is 14.6 Å². The van der Waals surface area contributed by atoms with Crippen LogP contribution in [0.4, 0.5) is 0 Å². The first-order valence-corrected chi connectivity index (χ1v) is 14.2. The predicted octanol–water partition coefficient (Wildman–Crippen LogP) is 7.49. The number of ketones is 1. The molecular formula is C34H34ClNO4. The lowest BCUT2D eigenvalue weighted by atomic mass is 9.69. The van der Waals surface area contributed by atoms with Crippen LogP contribution >= 0.6 is 11.6 Å². The normalized spacial score (nSPS) is 20.7. The molecule has 0 saturated carbocycles. The minimum Gasteiger partial charge on any atom is -0.491 e. The van der Waals surface area contributed by atoms with Crippen LogP contribution in [0.15, 0.2) is 95.1 Å². The molecule has 1 aliphatic carbocycles. The molecule has 3 aromatic rings. The quantitative estimate of drug-likeness (QED) is 0.270. The molecule has 40 heavy (non-hydrogen) atoms. The summed E-state index contributed by atoms with van der Waals surface area (Å²) in [5.41, 5.74) is 4.95. The van der Waals surface area contributed by atoms with Crippen LogP contribution in [-0.2, 0) is 20.7 Å². The summed E-state index contributed by atoms with van der Waals surface area (Å²) < 4.78 is 12.0. The van der Waals surface area contributed by atoms with E-state index in [4.69, 9.17) is 26.1 Å². The summed E-state index contributed by atoms with van der Waals surface area (Å²) in [6, 6.07) is 25.3. The maximum atomic E-state index is 13.9. The smallest absolute Gasteiger partial charge is 0.315 e. The van der Waals surface area contributed by atoms with Crippen molar-refractivity contribution in [3.05, 3.63) is 112 Å². The summed E-state index contributed by atoms with van der Waals surface area (Å²) in [5.74, 6) is -0.964. The Bertz CT molecular complexity index is 1440. The molecule has 1 heterocycles. The number of carbonyl (C=O) groups excluding carboxylic acids is 2. The third-order valence-electron chi connectivity index (χ3n) is 7.58. The highest BCUT2D eigenvalue weighted by atomic mass is 35.5. The van der Waals surface area contributed by atoms with E-state index < -0.39 is 11.8 Å². The monoisotopic (exact) mass is 555 g/mol. The molecule has 3 atom stereocenters. The molecule has 5 rings (SSSR count). The number of nitrogens with zero attached hydrogens (tertiary/aromatic N) is 1. The molecule has 0 spiro atoms. The zero-order valence-electron chi connectivity index (χ0n) is 23.1. The Hall–Kier alpha value is -3.70. The molecule has 0 N–H and O–H groups in total. The van der Waals surface area contributed by atoms with Crippen LogP contribution < -0.4 is 4.74 Å². The van der Waals surface area contributed by atoms with Crippen LogP contribution in [-0.4, -0.2) is 30.2 Å². The van der Waals surface area contributed by atoms with E-state index in [-0.39, 0.29) is 30.4 Å². The second-order valence-electron chi connectivity index (χ2n) is 10.8. The number of hydrogen-bond acceptors (Lipinski definition) is 5. The van der Waals surface area contributed by atoms with E-state index in [1.807, 2.05) is 99.6 Å². The lowest BCUT2D eigenvalue weighted by Crippen LogP contribution is -2.38.